The zero-order valence-corrected chi connectivity index (χ0v) is 11.1. The van der Waals surface area contributed by atoms with Gasteiger partial charge in [0, 0.05) is 6.04 Å². The molecular formula is C14H16ClN3. The molecular weight excluding hydrogens is 246 g/mol. The maximum Gasteiger partial charge on any atom is 0.222 e. The summed E-state index contributed by atoms with van der Waals surface area (Å²) in [6.45, 7) is 2.13. The van der Waals surface area contributed by atoms with Gasteiger partial charge in [-0.2, -0.15) is 0 Å². The molecule has 0 spiro atoms. The highest BCUT2D eigenvalue weighted by atomic mass is 35.5. The van der Waals surface area contributed by atoms with Crippen LogP contribution < -0.4 is 5.32 Å². The second kappa shape index (κ2) is 6.36. The Hall–Kier alpha value is -1.61. The summed E-state index contributed by atoms with van der Waals surface area (Å²) < 4.78 is 0. The maximum absolute atomic E-state index is 5.74. The molecule has 1 unspecified atom stereocenters. The minimum absolute atomic E-state index is 0.325. The van der Waals surface area contributed by atoms with Crippen molar-refractivity contribution in [2.24, 2.45) is 0 Å². The molecule has 0 fully saturated rings. The fraction of sp³-hybridized carbons (Fsp3) is 0.286. The van der Waals surface area contributed by atoms with Crippen LogP contribution in [0, 0.1) is 0 Å². The molecule has 0 saturated heterocycles. The first-order chi connectivity index (χ1) is 8.74. The molecule has 0 amide bonds. The van der Waals surface area contributed by atoms with Crippen molar-refractivity contribution in [3.05, 3.63) is 53.3 Å². The van der Waals surface area contributed by atoms with Crippen molar-refractivity contribution in [1.82, 2.24) is 9.97 Å². The minimum atomic E-state index is 0.325. The van der Waals surface area contributed by atoms with Crippen molar-refractivity contribution in [2.45, 2.75) is 25.8 Å². The molecule has 0 bridgehead atoms. The fourth-order valence-electron chi connectivity index (χ4n) is 1.71. The van der Waals surface area contributed by atoms with Crippen LogP contribution in [-0.2, 0) is 6.42 Å². The molecule has 1 N–H and O–H groups in total. The third-order valence-corrected chi connectivity index (χ3v) is 2.90. The number of anilines is 1. The van der Waals surface area contributed by atoms with E-state index in [0.29, 0.717) is 17.0 Å². The van der Waals surface area contributed by atoms with E-state index in [9.17, 15) is 0 Å². The molecule has 3 nitrogen and oxygen atoms in total. The van der Waals surface area contributed by atoms with Crippen molar-refractivity contribution in [3.8, 4) is 0 Å². The summed E-state index contributed by atoms with van der Waals surface area (Å²) in [6, 6.07) is 10.8. The molecule has 2 rings (SSSR count). The Bertz CT molecular complexity index is 470. The number of rotatable bonds is 5. The average molecular weight is 262 g/mol. The van der Waals surface area contributed by atoms with E-state index < -0.39 is 0 Å². The monoisotopic (exact) mass is 261 g/mol. The molecule has 18 heavy (non-hydrogen) atoms. The number of benzene rings is 1. The lowest BCUT2D eigenvalue weighted by Gasteiger charge is -2.13. The van der Waals surface area contributed by atoms with Gasteiger partial charge in [0.1, 0.15) is 0 Å². The highest BCUT2D eigenvalue weighted by Crippen LogP contribution is 2.10. The fourth-order valence-corrected chi connectivity index (χ4v) is 1.80. The van der Waals surface area contributed by atoms with Crippen LogP contribution in [0.5, 0.6) is 0 Å². The summed E-state index contributed by atoms with van der Waals surface area (Å²) in [5.41, 5.74) is 1.35. The Balaban J connectivity index is 1.82. The topological polar surface area (TPSA) is 37.8 Å². The van der Waals surface area contributed by atoms with Crippen LogP contribution in [0.3, 0.4) is 0 Å². The number of hydrogen-bond donors (Lipinski definition) is 1. The average Bonchev–Trinajstić information content (AvgIpc) is 2.40. The predicted molar refractivity (Wildman–Crippen MR) is 74.9 cm³/mol. The van der Waals surface area contributed by atoms with Crippen molar-refractivity contribution in [1.29, 1.82) is 0 Å². The van der Waals surface area contributed by atoms with Gasteiger partial charge in [-0.05, 0) is 25.3 Å². The van der Waals surface area contributed by atoms with Crippen LogP contribution in [0.15, 0.2) is 42.7 Å². The third kappa shape index (κ3) is 4.00. The smallest absolute Gasteiger partial charge is 0.222 e. The summed E-state index contributed by atoms with van der Waals surface area (Å²) >= 11 is 5.74. The van der Waals surface area contributed by atoms with Gasteiger partial charge in [0.05, 0.1) is 17.4 Å². The number of hydrogen-bond acceptors (Lipinski definition) is 3. The minimum Gasteiger partial charge on any atom is -0.352 e. The zero-order valence-electron chi connectivity index (χ0n) is 10.3. The lowest BCUT2D eigenvalue weighted by Crippen LogP contribution is -2.17. The van der Waals surface area contributed by atoms with E-state index in [2.05, 4.69) is 46.5 Å². The third-order valence-electron chi connectivity index (χ3n) is 2.70. The number of nitrogens with one attached hydrogen (secondary N) is 1. The number of aromatic nitrogens is 2. The van der Waals surface area contributed by atoms with E-state index in [-0.39, 0.29) is 0 Å². The van der Waals surface area contributed by atoms with E-state index in [4.69, 9.17) is 11.6 Å². The van der Waals surface area contributed by atoms with E-state index in [1.807, 2.05) is 6.07 Å². The van der Waals surface area contributed by atoms with Gasteiger partial charge in [-0.15, -0.1) is 0 Å². The van der Waals surface area contributed by atoms with Crippen LogP contribution in [0.1, 0.15) is 18.9 Å². The second-order valence-corrected chi connectivity index (χ2v) is 4.73. The van der Waals surface area contributed by atoms with E-state index in [1.54, 1.807) is 12.4 Å². The maximum atomic E-state index is 5.74. The van der Waals surface area contributed by atoms with Crippen molar-refractivity contribution in [3.63, 3.8) is 0 Å². The summed E-state index contributed by atoms with van der Waals surface area (Å²) in [7, 11) is 0. The van der Waals surface area contributed by atoms with Gasteiger partial charge in [0.15, 0.2) is 0 Å². The van der Waals surface area contributed by atoms with Crippen LogP contribution in [0.25, 0.3) is 0 Å². The van der Waals surface area contributed by atoms with Crippen LogP contribution in [0.2, 0.25) is 5.02 Å². The number of nitrogens with zero attached hydrogens (tertiary/aromatic N) is 2. The number of halogens is 1. The zero-order chi connectivity index (χ0) is 12.8. The first kappa shape index (κ1) is 12.8. The highest BCUT2D eigenvalue weighted by Gasteiger charge is 2.04. The van der Waals surface area contributed by atoms with Gasteiger partial charge >= 0.3 is 0 Å². The molecule has 1 aromatic heterocycles. The summed E-state index contributed by atoms with van der Waals surface area (Å²) in [5.74, 6) is 0.625. The largest absolute Gasteiger partial charge is 0.352 e. The molecule has 1 atom stereocenters. The Labute approximate surface area is 112 Å². The van der Waals surface area contributed by atoms with Gasteiger partial charge in [-0.25, -0.2) is 9.97 Å². The standard InChI is InChI=1S/C14H16ClN3/c1-11(7-8-12-5-3-2-4-6-12)18-14-16-9-13(15)10-17-14/h2-6,9-11H,7-8H2,1H3,(H,16,17,18). The molecule has 0 radical (unpaired) electrons. The molecule has 1 aromatic carbocycles. The normalized spacial score (nSPS) is 12.1. The molecule has 0 aliphatic heterocycles. The Morgan fingerprint density at radius 3 is 2.50 bits per heavy atom. The Kier molecular flexibility index (Phi) is 4.53. The first-order valence-electron chi connectivity index (χ1n) is 6.02. The molecule has 1 heterocycles. The molecule has 0 aliphatic carbocycles. The Morgan fingerprint density at radius 2 is 1.83 bits per heavy atom. The van der Waals surface area contributed by atoms with Gasteiger partial charge in [-0.3, -0.25) is 0 Å². The molecule has 4 heteroatoms. The lowest BCUT2D eigenvalue weighted by molar-refractivity contribution is 0.699. The van der Waals surface area contributed by atoms with Gasteiger partial charge in [0.2, 0.25) is 5.95 Å². The highest BCUT2D eigenvalue weighted by molar-refractivity contribution is 6.30. The van der Waals surface area contributed by atoms with Crippen LogP contribution >= 0.6 is 11.6 Å². The van der Waals surface area contributed by atoms with E-state index in [1.165, 1.54) is 5.56 Å². The SMILES string of the molecule is CC(CCc1ccccc1)Nc1ncc(Cl)cn1. The van der Waals surface area contributed by atoms with E-state index in [0.717, 1.165) is 12.8 Å². The van der Waals surface area contributed by atoms with Gasteiger partial charge in [-0.1, -0.05) is 41.9 Å². The molecule has 0 saturated carbocycles. The summed E-state index contributed by atoms with van der Waals surface area (Å²) in [5, 5.41) is 3.81. The van der Waals surface area contributed by atoms with Crippen LogP contribution in [-0.4, -0.2) is 16.0 Å². The van der Waals surface area contributed by atoms with Crippen LogP contribution in [0.4, 0.5) is 5.95 Å². The molecule has 2 aromatic rings. The van der Waals surface area contributed by atoms with E-state index >= 15 is 0 Å². The molecule has 0 aliphatic rings. The summed E-state index contributed by atoms with van der Waals surface area (Å²) in [4.78, 5) is 8.24. The Morgan fingerprint density at radius 1 is 1.17 bits per heavy atom. The van der Waals surface area contributed by atoms with Crippen molar-refractivity contribution in [2.75, 3.05) is 5.32 Å². The van der Waals surface area contributed by atoms with Gasteiger partial charge < -0.3 is 5.32 Å². The first-order valence-corrected chi connectivity index (χ1v) is 6.40. The van der Waals surface area contributed by atoms with Crippen molar-refractivity contribution < 1.29 is 0 Å². The number of aryl methyl sites for hydroxylation is 1. The van der Waals surface area contributed by atoms with Gasteiger partial charge in [0.25, 0.3) is 0 Å². The van der Waals surface area contributed by atoms with Crippen molar-refractivity contribution >= 4 is 17.5 Å². The quantitative estimate of drug-likeness (QED) is 0.894. The summed E-state index contributed by atoms with van der Waals surface area (Å²) in [6.07, 6.45) is 5.28. The molecule has 94 valence electrons. The lowest BCUT2D eigenvalue weighted by atomic mass is 10.1. The second-order valence-electron chi connectivity index (χ2n) is 4.29. The predicted octanol–water partition coefficient (Wildman–Crippen LogP) is 3.56.